The smallest absolute Gasteiger partial charge is 0.122 e. The van der Waals surface area contributed by atoms with Crippen molar-refractivity contribution in [3.8, 4) is 5.75 Å². The molecule has 0 aliphatic carbocycles. The molecule has 3 heteroatoms. The van der Waals surface area contributed by atoms with Gasteiger partial charge in [0.2, 0.25) is 0 Å². The van der Waals surface area contributed by atoms with Crippen LogP contribution in [0.25, 0.3) is 0 Å². The number of ether oxygens (including phenoxy) is 1. The van der Waals surface area contributed by atoms with Gasteiger partial charge in [-0.15, -0.1) is 11.3 Å². The SMILES string of the molecule is COc1ccccc1CC(N)c1sccc1C. The molecule has 0 bridgehead atoms. The maximum absolute atomic E-state index is 6.25. The van der Waals surface area contributed by atoms with Gasteiger partial charge in [-0.25, -0.2) is 0 Å². The molecular formula is C14H17NOS. The van der Waals surface area contributed by atoms with Crippen molar-refractivity contribution < 1.29 is 4.74 Å². The van der Waals surface area contributed by atoms with Crippen LogP contribution in [0.15, 0.2) is 35.7 Å². The van der Waals surface area contributed by atoms with Crippen LogP contribution in [0.5, 0.6) is 5.75 Å². The lowest BCUT2D eigenvalue weighted by Crippen LogP contribution is -2.13. The highest BCUT2D eigenvalue weighted by molar-refractivity contribution is 7.10. The number of para-hydroxylation sites is 1. The zero-order chi connectivity index (χ0) is 12.3. The highest BCUT2D eigenvalue weighted by atomic mass is 32.1. The van der Waals surface area contributed by atoms with Gasteiger partial charge >= 0.3 is 0 Å². The van der Waals surface area contributed by atoms with E-state index in [1.165, 1.54) is 10.4 Å². The molecule has 90 valence electrons. The first-order valence-electron chi connectivity index (χ1n) is 5.64. The van der Waals surface area contributed by atoms with E-state index in [0.717, 1.165) is 17.7 Å². The van der Waals surface area contributed by atoms with Crippen molar-refractivity contribution in [3.63, 3.8) is 0 Å². The number of nitrogens with two attached hydrogens (primary N) is 1. The average Bonchev–Trinajstić information content (AvgIpc) is 2.76. The molecule has 1 aromatic heterocycles. The van der Waals surface area contributed by atoms with Gasteiger partial charge < -0.3 is 10.5 Å². The van der Waals surface area contributed by atoms with Gasteiger partial charge in [0.15, 0.2) is 0 Å². The van der Waals surface area contributed by atoms with E-state index < -0.39 is 0 Å². The summed E-state index contributed by atoms with van der Waals surface area (Å²) in [5.41, 5.74) is 8.69. The molecule has 0 aliphatic rings. The lowest BCUT2D eigenvalue weighted by molar-refractivity contribution is 0.408. The molecule has 2 aromatic rings. The van der Waals surface area contributed by atoms with Crippen LogP contribution in [0.3, 0.4) is 0 Å². The molecule has 1 aromatic carbocycles. The summed E-state index contributed by atoms with van der Waals surface area (Å²) in [6.07, 6.45) is 0.811. The Morgan fingerprint density at radius 1 is 1.29 bits per heavy atom. The van der Waals surface area contributed by atoms with Crippen molar-refractivity contribution in [2.45, 2.75) is 19.4 Å². The average molecular weight is 247 g/mol. The van der Waals surface area contributed by atoms with Crippen molar-refractivity contribution in [3.05, 3.63) is 51.7 Å². The van der Waals surface area contributed by atoms with Crippen LogP contribution in [0.4, 0.5) is 0 Å². The minimum Gasteiger partial charge on any atom is -0.496 e. The summed E-state index contributed by atoms with van der Waals surface area (Å²) in [7, 11) is 1.70. The highest BCUT2D eigenvalue weighted by Crippen LogP contribution is 2.28. The second-order valence-electron chi connectivity index (χ2n) is 4.09. The minimum atomic E-state index is 0.0475. The third-order valence-electron chi connectivity index (χ3n) is 2.87. The van der Waals surface area contributed by atoms with Crippen molar-refractivity contribution in [1.29, 1.82) is 0 Å². The first-order valence-corrected chi connectivity index (χ1v) is 6.52. The van der Waals surface area contributed by atoms with Gasteiger partial charge in [-0.2, -0.15) is 0 Å². The molecule has 1 heterocycles. The topological polar surface area (TPSA) is 35.2 Å². The molecule has 17 heavy (non-hydrogen) atoms. The van der Waals surface area contributed by atoms with Crippen molar-refractivity contribution in [2.24, 2.45) is 5.73 Å². The molecular weight excluding hydrogens is 230 g/mol. The van der Waals surface area contributed by atoms with Gasteiger partial charge in [0.1, 0.15) is 5.75 Å². The molecule has 2 rings (SSSR count). The lowest BCUT2D eigenvalue weighted by Gasteiger charge is -2.13. The third-order valence-corrected chi connectivity index (χ3v) is 4.02. The highest BCUT2D eigenvalue weighted by Gasteiger charge is 2.13. The summed E-state index contributed by atoms with van der Waals surface area (Å²) >= 11 is 1.72. The maximum atomic E-state index is 6.25. The Bertz CT molecular complexity index is 492. The summed E-state index contributed by atoms with van der Waals surface area (Å²) in [5, 5.41) is 2.09. The van der Waals surface area contributed by atoms with Crippen LogP contribution in [0, 0.1) is 6.92 Å². The van der Waals surface area contributed by atoms with Crippen LogP contribution in [-0.4, -0.2) is 7.11 Å². The van der Waals surface area contributed by atoms with E-state index in [4.69, 9.17) is 10.5 Å². The number of thiophene rings is 1. The van der Waals surface area contributed by atoms with E-state index in [1.54, 1.807) is 18.4 Å². The number of hydrogen-bond donors (Lipinski definition) is 1. The zero-order valence-corrected chi connectivity index (χ0v) is 11.0. The molecule has 0 aliphatic heterocycles. The number of hydrogen-bond acceptors (Lipinski definition) is 3. The Kier molecular flexibility index (Phi) is 3.82. The number of rotatable bonds is 4. The number of aryl methyl sites for hydroxylation is 1. The molecule has 1 atom stereocenters. The zero-order valence-electron chi connectivity index (χ0n) is 10.1. The largest absolute Gasteiger partial charge is 0.496 e. The molecule has 0 saturated carbocycles. The fourth-order valence-corrected chi connectivity index (χ4v) is 2.90. The Morgan fingerprint density at radius 3 is 2.71 bits per heavy atom. The second kappa shape index (κ2) is 5.34. The van der Waals surface area contributed by atoms with Gasteiger partial charge in [0.25, 0.3) is 0 Å². The van der Waals surface area contributed by atoms with Crippen LogP contribution < -0.4 is 10.5 Å². The van der Waals surface area contributed by atoms with E-state index in [2.05, 4.69) is 24.4 Å². The third kappa shape index (κ3) is 2.68. The summed E-state index contributed by atoms with van der Waals surface area (Å²) in [6, 6.07) is 10.2. The van der Waals surface area contributed by atoms with Crippen LogP contribution in [-0.2, 0) is 6.42 Å². The van der Waals surface area contributed by atoms with Crippen molar-refractivity contribution >= 4 is 11.3 Å². The molecule has 0 spiro atoms. The fraction of sp³-hybridized carbons (Fsp3) is 0.286. The summed E-state index contributed by atoms with van der Waals surface area (Å²) < 4.78 is 5.34. The summed E-state index contributed by atoms with van der Waals surface area (Å²) in [4.78, 5) is 1.26. The maximum Gasteiger partial charge on any atom is 0.122 e. The first kappa shape index (κ1) is 12.1. The Hall–Kier alpha value is -1.32. The van der Waals surface area contributed by atoms with Gasteiger partial charge in [-0.3, -0.25) is 0 Å². The predicted octanol–water partition coefficient (Wildman–Crippen LogP) is 3.31. The molecule has 2 nitrogen and oxygen atoms in total. The Morgan fingerprint density at radius 2 is 2.06 bits per heavy atom. The van der Waals surface area contributed by atoms with Crippen molar-refractivity contribution in [1.82, 2.24) is 0 Å². The fourth-order valence-electron chi connectivity index (χ4n) is 1.97. The van der Waals surface area contributed by atoms with E-state index >= 15 is 0 Å². The minimum absolute atomic E-state index is 0.0475. The number of methoxy groups -OCH3 is 1. The van der Waals surface area contributed by atoms with Gasteiger partial charge in [-0.1, -0.05) is 18.2 Å². The predicted molar refractivity (Wildman–Crippen MR) is 72.7 cm³/mol. The Balaban J connectivity index is 2.18. The normalized spacial score (nSPS) is 12.4. The quantitative estimate of drug-likeness (QED) is 0.899. The van der Waals surface area contributed by atoms with Gasteiger partial charge in [0.05, 0.1) is 7.11 Å². The van der Waals surface area contributed by atoms with E-state index in [-0.39, 0.29) is 6.04 Å². The van der Waals surface area contributed by atoms with Gasteiger partial charge in [-0.05, 0) is 42.0 Å². The summed E-state index contributed by atoms with van der Waals surface area (Å²) in [6.45, 7) is 2.11. The standard InChI is InChI=1S/C14H17NOS/c1-10-7-8-17-14(10)12(15)9-11-5-3-4-6-13(11)16-2/h3-8,12H,9,15H2,1-2H3. The molecule has 0 amide bonds. The molecule has 0 saturated heterocycles. The summed E-state index contributed by atoms with van der Waals surface area (Å²) in [5.74, 6) is 0.914. The Labute approximate surface area is 106 Å². The molecule has 0 radical (unpaired) electrons. The van der Waals surface area contributed by atoms with Crippen molar-refractivity contribution in [2.75, 3.05) is 7.11 Å². The molecule has 2 N–H and O–H groups in total. The van der Waals surface area contributed by atoms with Gasteiger partial charge in [0, 0.05) is 10.9 Å². The monoisotopic (exact) mass is 247 g/mol. The van der Waals surface area contributed by atoms with Crippen LogP contribution in [0.2, 0.25) is 0 Å². The molecule has 0 fully saturated rings. The van der Waals surface area contributed by atoms with Crippen LogP contribution in [0.1, 0.15) is 22.0 Å². The second-order valence-corrected chi connectivity index (χ2v) is 5.04. The van der Waals surface area contributed by atoms with Crippen LogP contribution >= 0.6 is 11.3 Å². The molecule has 1 unspecified atom stereocenters. The van der Waals surface area contributed by atoms with E-state index in [0.29, 0.717) is 0 Å². The lowest BCUT2D eigenvalue weighted by atomic mass is 10.0. The van der Waals surface area contributed by atoms with E-state index in [9.17, 15) is 0 Å². The van der Waals surface area contributed by atoms with E-state index in [1.807, 2.05) is 18.2 Å². The first-order chi connectivity index (χ1) is 8.22. The number of benzene rings is 1.